The molecule has 0 bridgehead atoms. The number of nitrogens with one attached hydrogen (secondary N) is 1. The number of primary amides is 1. The Hall–Kier alpha value is -2.36. The van der Waals surface area contributed by atoms with Crippen molar-refractivity contribution < 1.29 is 9.18 Å². The molecule has 0 heterocycles. The lowest BCUT2D eigenvalue weighted by Gasteiger charge is -2.10. The first kappa shape index (κ1) is 13.1. The van der Waals surface area contributed by atoms with Gasteiger partial charge in [0, 0.05) is 17.8 Å². The Morgan fingerprint density at radius 2 is 2.05 bits per heavy atom. The molecule has 0 atom stereocenters. The van der Waals surface area contributed by atoms with Gasteiger partial charge in [0.2, 0.25) is 5.91 Å². The van der Waals surface area contributed by atoms with Crippen LogP contribution in [-0.2, 0) is 6.54 Å². The highest BCUT2D eigenvalue weighted by atomic mass is 19.1. The van der Waals surface area contributed by atoms with E-state index in [-0.39, 0.29) is 5.82 Å². The van der Waals surface area contributed by atoms with Gasteiger partial charge in [-0.1, -0.05) is 12.1 Å². The summed E-state index contributed by atoms with van der Waals surface area (Å²) in [6, 6.07) is 11.6. The van der Waals surface area contributed by atoms with Gasteiger partial charge < -0.3 is 11.1 Å². The van der Waals surface area contributed by atoms with E-state index >= 15 is 0 Å². The van der Waals surface area contributed by atoms with Crippen molar-refractivity contribution in [2.75, 3.05) is 5.32 Å². The second-order valence-corrected chi connectivity index (χ2v) is 4.38. The minimum Gasteiger partial charge on any atom is -0.381 e. The highest BCUT2D eigenvalue weighted by molar-refractivity contribution is 5.93. The summed E-state index contributed by atoms with van der Waals surface area (Å²) >= 11 is 0. The molecule has 0 aromatic heterocycles. The molecule has 0 aliphatic heterocycles. The normalized spacial score (nSPS) is 10.2. The van der Waals surface area contributed by atoms with Gasteiger partial charge in [-0.05, 0) is 48.4 Å². The molecule has 2 rings (SSSR count). The van der Waals surface area contributed by atoms with Crippen LogP contribution in [0, 0.1) is 12.7 Å². The molecule has 0 radical (unpaired) electrons. The fraction of sp³-hybridized carbons (Fsp3) is 0.133. The third-order valence-corrected chi connectivity index (χ3v) is 2.88. The number of hydrogen-bond acceptors (Lipinski definition) is 2. The number of carbonyl (C=O) groups excluding carboxylic acids is 1. The van der Waals surface area contributed by atoms with Crippen LogP contribution in [0.15, 0.2) is 42.5 Å². The Morgan fingerprint density at radius 3 is 2.68 bits per heavy atom. The van der Waals surface area contributed by atoms with Crippen LogP contribution in [0.2, 0.25) is 0 Å². The topological polar surface area (TPSA) is 55.1 Å². The van der Waals surface area contributed by atoms with Gasteiger partial charge in [-0.3, -0.25) is 4.79 Å². The van der Waals surface area contributed by atoms with E-state index in [1.807, 2.05) is 13.0 Å². The second kappa shape index (κ2) is 5.52. The number of nitrogens with two attached hydrogens (primary N) is 1. The highest BCUT2D eigenvalue weighted by Crippen LogP contribution is 2.17. The summed E-state index contributed by atoms with van der Waals surface area (Å²) in [6.07, 6.45) is 0. The zero-order chi connectivity index (χ0) is 13.8. The van der Waals surface area contributed by atoms with Crippen LogP contribution in [0.1, 0.15) is 21.5 Å². The zero-order valence-electron chi connectivity index (χ0n) is 10.6. The Balaban J connectivity index is 2.10. The van der Waals surface area contributed by atoms with Gasteiger partial charge in [0.15, 0.2) is 0 Å². The molecule has 0 saturated carbocycles. The minimum absolute atomic E-state index is 0.250. The number of carbonyl (C=O) groups is 1. The van der Waals surface area contributed by atoms with Crippen molar-refractivity contribution in [1.82, 2.24) is 0 Å². The molecule has 0 fully saturated rings. The lowest BCUT2D eigenvalue weighted by molar-refractivity contribution is 0.1000. The molecule has 98 valence electrons. The molecule has 0 unspecified atom stereocenters. The maximum absolute atomic E-state index is 13.0. The van der Waals surface area contributed by atoms with Gasteiger partial charge in [0.05, 0.1) is 0 Å². The van der Waals surface area contributed by atoms with E-state index in [1.165, 1.54) is 12.1 Å². The average molecular weight is 258 g/mol. The standard InChI is InChI=1S/C15H15FN2O/c1-10-7-12(15(17)19)5-6-14(10)18-9-11-3-2-4-13(16)8-11/h2-8,18H,9H2,1H3,(H2,17,19). The molecule has 4 heteroatoms. The summed E-state index contributed by atoms with van der Waals surface area (Å²) < 4.78 is 13.0. The Bertz CT molecular complexity index is 611. The quantitative estimate of drug-likeness (QED) is 0.886. The molecular formula is C15H15FN2O. The number of halogens is 1. The lowest BCUT2D eigenvalue weighted by Crippen LogP contribution is -2.11. The van der Waals surface area contributed by atoms with E-state index < -0.39 is 5.91 Å². The van der Waals surface area contributed by atoms with Gasteiger partial charge in [-0.25, -0.2) is 4.39 Å². The summed E-state index contributed by atoms with van der Waals surface area (Å²) in [5, 5.41) is 3.20. The number of amides is 1. The summed E-state index contributed by atoms with van der Waals surface area (Å²) in [5.41, 5.74) is 8.37. The van der Waals surface area contributed by atoms with Crippen molar-refractivity contribution in [3.63, 3.8) is 0 Å². The predicted molar refractivity (Wildman–Crippen MR) is 73.4 cm³/mol. The fourth-order valence-corrected chi connectivity index (χ4v) is 1.86. The SMILES string of the molecule is Cc1cc(C(N)=O)ccc1NCc1cccc(F)c1. The smallest absolute Gasteiger partial charge is 0.248 e. The largest absolute Gasteiger partial charge is 0.381 e. The van der Waals surface area contributed by atoms with Crippen LogP contribution in [0.25, 0.3) is 0 Å². The molecule has 0 aliphatic rings. The maximum atomic E-state index is 13.0. The van der Waals surface area contributed by atoms with Crippen molar-refractivity contribution in [2.24, 2.45) is 5.73 Å². The molecule has 2 aromatic rings. The van der Waals surface area contributed by atoms with E-state index in [9.17, 15) is 9.18 Å². The molecule has 1 amide bonds. The summed E-state index contributed by atoms with van der Waals surface area (Å²) in [5.74, 6) is -0.695. The molecule has 0 saturated heterocycles. The van der Waals surface area contributed by atoms with Crippen LogP contribution in [-0.4, -0.2) is 5.91 Å². The third-order valence-electron chi connectivity index (χ3n) is 2.88. The van der Waals surface area contributed by atoms with Crippen molar-refractivity contribution in [2.45, 2.75) is 13.5 Å². The molecule has 2 aromatic carbocycles. The molecular weight excluding hydrogens is 243 g/mol. The van der Waals surface area contributed by atoms with E-state index in [1.54, 1.807) is 24.3 Å². The number of anilines is 1. The number of aryl methyl sites for hydroxylation is 1. The van der Waals surface area contributed by atoms with E-state index in [0.717, 1.165) is 16.8 Å². The molecule has 0 aliphatic carbocycles. The fourth-order valence-electron chi connectivity index (χ4n) is 1.86. The maximum Gasteiger partial charge on any atom is 0.248 e. The average Bonchev–Trinajstić information content (AvgIpc) is 2.37. The Kier molecular flexibility index (Phi) is 3.80. The number of hydrogen-bond donors (Lipinski definition) is 2. The van der Waals surface area contributed by atoms with E-state index in [4.69, 9.17) is 5.73 Å². The summed E-state index contributed by atoms with van der Waals surface area (Å²) in [4.78, 5) is 11.0. The monoisotopic (exact) mass is 258 g/mol. The van der Waals surface area contributed by atoms with Crippen LogP contribution in [0.3, 0.4) is 0 Å². The van der Waals surface area contributed by atoms with Crippen molar-refractivity contribution in [3.8, 4) is 0 Å². The van der Waals surface area contributed by atoms with Crippen LogP contribution in [0.4, 0.5) is 10.1 Å². The zero-order valence-corrected chi connectivity index (χ0v) is 10.6. The first-order chi connectivity index (χ1) is 9.06. The third kappa shape index (κ3) is 3.31. The van der Waals surface area contributed by atoms with Gasteiger partial charge in [-0.15, -0.1) is 0 Å². The first-order valence-corrected chi connectivity index (χ1v) is 5.95. The van der Waals surface area contributed by atoms with Crippen molar-refractivity contribution in [1.29, 1.82) is 0 Å². The van der Waals surface area contributed by atoms with E-state index in [0.29, 0.717) is 12.1 Å². The van der Waals surface area contributed by atoms with Crippen molar-refractivity contribution in [3.05, 3.63) is 65.0 Å². The van der Waals surface area contributed by atoms with E-state index in [2.05, 4.69) is 5.32 Å². The number of benzene rings is 2. The first-order valence-electron chi connectivity index (χ1n) is 5.95. The Labute approximate surface area is 111 Å². The summed E-state index contributed by atoms with van der Waals surface area (Å²) in [7, 11) is 0. The van der Waals surface area contributed by atoms with Crippen LogP contribution >= 0.6 is 0 Å². The van der Waals surface area contributed by atoms with Crippen molar-refractivity contribution >= 4 is 11.6 Å². The molecule has 3 nitrogen and oxygen atoms in total. The summed E-state index contributed by atoms with van der Waals surface area (Å²) in [6.45, 7) is 2.41. The molecule has 0 spiro atoms. The second-order valence-electron chi connectivity index (χ2n) is 4.38. The van der Waals surface area contributed by atoms with Gasteiger partial charge >= 0.3 is 0 Å². The molecule has 19 heavy (non-hydrogen) atoms. The lowest BCUT2D eigenvalue weighted by atomic mass is 10.1. The highest BCUT2D eigenvalue weighted by Gasteiger charge is 2.04. The molecule has 3 N–H and O–H groups in total. The minimum atomic E-state index is -0.445. The van der Waals surface area contributed by atoms with Gasteiger partial charge in [-0.2, -0.15) is 0 Å². The van der Waals surface area contributed by atoms with Crippen LogP contribution in [0.5, 0.6) is 0 Å². The number of rotatable bonds is 4. The predicted octanol–water partition coefficient (Wildman–Crippen LogP) is 2.85. The van der Waals surface area contributed by atoms with Gasteiger partial charge in [0.1, 0.15) is 5.82 Å². The van der Waals surface area contributed by atoms with Crippen LogP contribution < -0.4 is 11.1 Å². The van der Waals surface area contributed by atoms with Gasteiger partial charge in [0.25, 0.3) is 0 Å². The Morgan fingerprint density at radius 1 is 1.26 bits per heavy atom.